The molecule has 0 spiro atoms. The van der Waals surface area contributed by atoms with E-state index >= 15 is 0 Å². The van der Waals surface area contributed by atoms with Crippen molar-refractivity contribution in [1.29, 1.82) is 0 Å². The molecule has 0 saturated heterocycles. The third-order valence-electron chi connectivity index (χ3n) is 2.74. The van der Waals surface area contributed by atoms with Gasteiger partial charge in [0.25, 0.3) is 0 Å². The number of hydrogen-bond donors (Lipinski definition) is 2. The third-order valence-corrected chi connectivity index (χ3v) is 3.71. The lowest BCUT2D eigenvalue weighted by molar-refractivity contribution is 0.0652. The van der Waals surface area contributed by atoms with E-state index in [1.165, 1.54) is 6.07 Å². The van der Waals surface area contributed by atoms with Crippen LogP contribution in [0.25, 0.3) is 11.3 Å². The molecule has 2 aromatic rings. The number of carbonyl (C=O) groups is 1. The minimum Gasteiger partial charge on any atom is -0.506 e. The van der Waals surface area contributed by atoms with Gasteiger partial charge in [0, 0.05) is 11.6 Å². The first-order valence-corrected chi connectivity index (χ1v) is 5.90. The van der Waals surface area contributed by atoms with Gasteiger partial charge in [-0.15, -0.1) is 0 Å². The number of benzene rings is 1. The summed E-state index contributed by atoms with van der Waals surface area (Å²) in [4.78, 5) is 10.7. The predicted molar refractivity (Wildman–Crippen MR) is 67.7 cm³/mol. The summed E-state index contributed by atoms with van der Waals surface area (Å²) in [5.74, 6) is -1.45. The molecule has 0 amide bonds. The van der Waals surface area contributed by atoms with Gasteiger partial charge in [0.15, 0.2) is 0 Å². The zero-order chi connectivity index (χ0) is 13.4. The maximum absolute atomic E-state index is 10.7. The molecule has 2 rings (SSSR count). The number of halogens is 1. The highest BCUT2D eigenvalue weighted by Gasteiger charge is 2.18. The number of aromatic nitrogens is 1. The second-order valence-corrected chi connectivity index (χ2v) is 4.70. The fourth-order valence-electron chi connectivity index (χ4n) is 1.56. The average Bonchev–Trinajstić information content (AvgIpc) is 2.80. The Labute approximate surface area is 111 Å². The molecule has 1 heterocycles. The lowest BCUT2D eigenvalue weighted by atomic mass is 10.0. The molecule has 2 N–H and O–H groups in total. The topological polar surface area (TPSA) is 83.6 Å². The molecule has 0 aliphatic rings. The van der Waals surface area contributed by atoms with Crippen LogP contribution in [0.15, 0.2) is 21.1 Å². The first kappa shape index (κ1) is 12.6. The van der Waals surface area contributed by atoms with Gasteiger partial charge in [-0.05, 0) is 47.0 Å². The molecule has 1 aromatic carbocycles. The van der Waals surface area contributed by atoms with E-state index in [2.05, 4.69) is 25.6 Å². The second kappa shape index (κ2) is 4.45. The molecule has 0 unspecified atom stereocenters. The Morgan fingerprint density at radius 2 is 2.06 bits per heavy atom. The average molecular weight is 312 g/mol. The van der Waals surface area contributed by atoms with E-state index in [-0.39, 0.29) is 17.2 Å². The third kappa shape index (κ3) is 1.99. The SMILES string of the molecule is Cc1cc(-c2cc(C(=O)O)on2)c(O)c(Br)c1C. The molecule has 0 saturated carbocycles. The Morgan fingerprint density at radius 3 is 2.61 bits per heavy atom. The van der Waals surface area contributed by atoms with E-state index in [4.69, 9.17) is 5.11 Å². The van der Waals surface area contributed by atoms with Crippen LogP contribution in [-0.4, -0.2) is 21.3 Å². The summed E-state index contributed by atoms with van der Waals surface area (Å²) in [5.41, 5.74) is 2.59. The van der Waals surface area contributed by atoms with Crippen molar-refractivity contribution >= 4 is 21.9 Å². The Balaban J connectivity index is 2.60. The highest BCUT2D eigenvalue weighted by Crippen LogP contribution is 2.38. The van der Waals surface area contributed by atoms with Gasteiger partial charge in [-0.2, -0.15) is 0 Å². The summed E-state index contributed by atoms with van der Waals surface area (Å²) in [6.07, 6.45) is 0. The lowest BCUT2D eigenvalue weighted by Gasteiger charge is -2.09. The molecular weight excluding hydrogens is 302 g/mol. The van der Waals surface area contributed by atoms with Gasteiger partial charge in [0.1, 0.15) is 11.4 Å². The van der Waals surface area contributed by atoms with Crippen molar-refractivity contribution in [2.75, 3.05) is 0 Å². The van der Waals surface area contributed by atoms with Gasteiger partial charge in [-0.25, -0.2) is 4.79 Å². The van der Waals surface area contributed by atoms with Gasteiger partial charge in [-0.3, -0.25) is 0 Å². The van der Waals surface area contributed by atoms with E-state index < -0.39 is 5.97 Å². The minimum absolute atomic E-state index is 0.0170. The van der Waals surface area contributed by atoms with Crippen LogP contribution < -0.4 is 0 Å². The molecular formula is C12H10BrNO4. The molecule has 0 radical (unpaired) electrons. The predicted octanol–water partition coefficient (Wildman–Crippen LogP) is 3.12. The number of aromatic hydroxyl groups is 1. The molecule has 0 aliphatic heterocycles. The van der Waals surface area contributed by atoms with Gasteiger partial charge in [0.2, 0.25) is 5.76 Å². The van der Waals surface area contributed by atoms with Crippen LogP contribution in [0.3, 0.4) is 0 Å². The summed E-state index contributed by atoms with van der Waals surface area (Å²) in [5, 5.41) is 22.4. The smallest absolute Gasteiger partial charge is 0.374 e. The van der Waals surface area contributed by atoms with Crippen LogP contribution in [0.5, 0.6) is 5.75 Å². The number of carboxylic acid groups (broad SMARTS) is 1. The number of aromatic carboxylic acids is 1. The quantitative estimate of drug-likeness (QED) is 0.890. The Morgan fingerprint density at radius 1 is 1.39 bits per heavy atom. The standard InChI is InChI=1S/C12H10BrNO4/c1-5-3-7(11(15)10(13)6(5)2)8-4-9(12(16)17)18-14-8/h3-4,15H,1-2H3,(H,16,17). The van der Waals surface area contributed by atoms with Gasteiger partial charge >= 0.3 is 5.97 Å². The first-order valence-electron chi connectivity index (χ1n) is 5.11. The second-order valence-electron chi connectivity index (χ2n) is 3.91. The number of carboxylic acids is 1. The summed E-state index contributed by atoms with van der Waals surface area (Å²) < 4.78 is 5.24. The van der Waals surface area contributed by atoms with E-state index in [0.29, 0.717) is 10.0 Å². The highest BCUT2D eigenvalue weighted by molar-refractivity contribution is 9.10. The van der Waals surface area contributed by atoms with Crippen molar-refractivity contribution in [3.8, 4) is 17.0 Å². The van der Waals surface area contributed by atoms with Crippen LogP contribution >= 0.6 is 15.9 Å². The molecule has 6 heteroatoms. The van der Waals surface area contributed by atoms with E-state index in [1.807, 2.05) is 13.8 Å². The van der Waals surface area contributed by atoms with E-state index in [0.717, 1.165) is 11.1 Å². The van der Waals surface area contributed by atoms with Crippen molar-refractivity contribution in [3.05, 3.63) is 33.5 Å². The zero-order valence-corrected chi connectivity index (χ0v) is 11.3. The number of hydrogen-bond acceptors (Lipinski definition) is 4. The molecule has 94 valence electrons. The van der Waals surface area contributed by atoms with E-state index in [1.54, 1.807) is 6.07 Å². The molecule has 0 aliphatic carbocycles. The number of aryl methyl sites for hydroxylation is 1. The van der Waals surface area contributed by atoms with Crippen LogP contribution in [0.2, 0.25) is 0 Å². The zero-order valence-electron chi connectivity index (χ0n) is 9.69. The van der Waals surface area contributed by atoms with Crippen molar-refractivity contribution in [3.63, 3.8) is 0 Å². The van der Waals surface area contributed by atoms with Crippen molar-refractivity contribution in [2.24, 2.45) is 0 Å². The van der Waals surface area contributed by atoms with Crippen LogP contribution in [0.1, 0.15) is 21.7 Å². The monoisotopic (exact) mass is 311 g/mol. The van der Waals surface area contributed by atoms with Crippen molar-refractivity contribution < 1.29 is 19.5 Å². The summed E-state index contributed by atoms with van der Waals surface area (Å²) in [7, 11) is 0. The maximum Gasteiger partial charge on any atom is 0.374 e. The Kier molecular flexibility index (Phi) is 3.13. The molecule has 0 fully saturated rings. The summed E-state index contributed by atoms with van der Waals surface area (Å²) >= 11 is 3.29. The number of rotatable bonds is 2. The van der Waals surface area contributed by atoms with Crippen molar-refractivity contribution in [1.82, 2.24) is 5.16 Å². The molecule has 5 nitrogen and oxygen atoms in total. The van der Waals surface area contributed by atoms with Crippen LogP contribution in [-0.2, 0) is 0 Å². The fourth-order valence-corrected chi connectivity index (χ4v) is 2.09. The Hall–Kier alpha value is -1.82. The summed E-state index contributed by atoms with van der Waals surface area (Å²) in [6, 6.07) is 3.01. The molecule has 0 atom stereocenters. The number of phenols is 1. The summed E-state index contributed by atoms with van der Waals surface area (Å²) in [6.45, 7) is 3.76. The van der Waals surface area contributed by atoms with E-state index in [9.17, 15) is 9.90 Å². The molecule has 18 heavy (non-hydrogen) atoms. The number of nitrogens with zero attached hydrogens (tertiary/aromatic N) is 1. The fraction of sp³-hybridized carbons (Fsp3) is 0.167. The number of phenolic OH excluding ortho intramolecular Hbond substituents is 1. The van der Waals surface area contributed by atoms with Crippen LogP contribution in [0.4, 0.5) is 0 Å². The maximum atomic E-state index is 10.7. The van der Waals surface area contributed by atoms with Gasteiger partial charge in [0.05, 0.1) is 4.47 Å². The molecule has 0 bridgehead atoms. The largest absolute Gasteiger partial charge is 0.506 e. The van der Waals surface area contributed by atoms with Gasteiger partial charge < -0.3 is 14.7 Å². The normalized spacial score (nSPS) is 10.6. The lowest BCUT2D eigenvalue weighted by Crippen LogP contribution is -1.92. The first-order chi connectivity index (χ1) is 8.41. The molecule has 1 aromatic heterocycles. The van der Waals surface area contributed by atoms with Crippen molar-refractivity contribution in [2.45, 2.75) is 13.8 Å². The minimum atomic E-state index is -1.20. The highest BCUT2D eigenvalue weighted by atomic mass is 79.9. The van der Waals surface area contributed by atoms with Gasteiger partial charge in [-0.1, -0.05) is 5.16 Å². The van der Waals surface area contributed by atoms with Crippen LogP contribution in [0, 0.1) is 13.8 Å². The Bertz CT molecular complexity index is 633.